The molecule has 70 valence electrons. The van der Waals surface area contributed by atoms with Gasteiger partial charge in [-0.05, 0) is 10.8 Å². The summed E-state index contributed by atoms with van der Waals surface area (Å²) in [5.41, 5.74) is 6.32. The number of nitrogens with two attached hydrogens (primary N) is 1. The highest BCUT2D eigenvalue weighted by atomic mass is 16.4. The van der Waals surface area contributed by atoms with Crippen LogP contribution in [0.15, 0.2) is 47.6 Å². The summed E-state index contributed by atoms with van der Waals surface area (Å²) in [6, 6.07) is 13.5. The highest BCUT2D eigenvalue weighted by Gasteiger charge is 2.03. The monoisotopic (exact) mass is 186 g/mol. The molecule has 0 fully saturated rings. The Morgan fingerprint density at radius 2 is 1.79 bits per heavy atom. The lowest BCUT2D eigenvalue weighted by atomic mass is 10.0. The maximum atomic E-state index is 8.61. The van der Waals surface area contributed by atoms with Crippen LogP contribution in [0.1, 0.15) is 5.56 Å². The maximum absolute atomic E-state index is 8.61. The Hall–Kier alpha value is -2.03. The van der Waals surface area contributed by atoms with Crippen LogP contribution < -0.4 is 5.73 Å². The molecule has 0 atom stereocenters. The molecular weight excluding hydrogens is 176 g/mol. The van der Waals surface area contributed by atoms with Crippen LogP contribution in [0, 0.1) is 0 Å². The molecule has 0 unspecified atom stereocenters. The molecule has 3 N–H and O–H groups in total. The second kappa shape index (κ2) is 3.38. The fourth-order valence-electron chi connectivity index (χ4n) is 1.50. The van der Waals surface area contributed by atoms with E-state index >= 15 is 0 Å². The van der Waals surface area contributed by atoms with E-state index < -0.39 is 0 Å². The van der Waals surface area contributed by atoms with Crippen LogP contribution in [0.4, 0.5) is 0 Å². The van der Waals surface area contributed by atoms with Gasteiger partial charge < -0.3 is 10.9 Å². The first-order valence-electron chi connectivity index (χ1n) is 4.28. The zero-order chi connectivity index (χ0) is 9.97. The molecule has 0 heterocycles. The smallest absolute Gasteiger partial charge is 0.170 e. The molecule has 0 bridgehead atoms. The Labute approximate surface area is 81.5 Å². The summed E-state index contributed by atoms with van der Waals surface area (Å²) >= 11 is 0. The van der Waals surface area contributed by atoms with E-state index in [9.17, 15) is 0 Å². The fraction of sp³-hybridized carbons (Fsp3) is 0. The standard InChI is InChI=1S/C11H10N2O/c12-11(13-14)10-7-3-5-8-4-1-2-6-9(8)10/h1-7,14H,(H2,12,13). The van der Waals surface area contributed by atoms with E-state index in [-0.39, 0.29) is 5.84 Å². The van der Waals surface area contributed by atoms with Crippen molar-refractivity contribution in [2.24, 2.45) is 10.9 Å². The normalized spacial score (nSPS) is 11.9. The van der Waals surface area contributed by atoms with Gasteiger partial charge in [0.05, 0.1) is 0 Å². The van der Waals surface area contributed by atoms with Gasteiger partial charge in [0, 0.05) is 5.56 Å². The summed E-state index contributed by atoms with van der Waals surface area (Å²) in [7, 11) is 0. The second-order valence-corrected chi connectivity index (χ2v) is 3.01. The van der Waals surface area contributed by atoms with Crippen LogP contribution in [0.25, 0.3) is 10.8 Å². The first-order valence-corrected chi connectivity index (χ1v) is 4.28. The number of fused-ring (bicyclic) bond motifs is 1. The number of hydrogen-bond donors (Lipinski definition) is 2. The van der Waals surface area contributed by atoms with Gasteiger partial charge in [0.2, 0.25) is 0 Å². The highest BCUT2D eigenvalue weighted by molar-refractivity contribution is 6.08. The zero-order valence-electron chi connectivity index (χ0n) is 7.51. The minimum atomic E-state index is 0.141. The van der Waals surface area contributed by atoms with Crippen molar-refractivity contribution in [1.29, 1.82) is 0 Å². The van der Waals surface area contributed by atoms with Crippen molar-refractivity contribution in [2.75, 3.05) is 0 Å². The van der Waals surface area contributed by atoms with Crippen molar-refractivity contribution in [2.45, 2.75) is 0 Å². The summed E-state index contributed by atoms with van der Waals surface area (Å²) < 4.78 is 0. The molecule has 0 aromatic heterocycles. The van der Waals surface area contributed by atoms with E-state index in [1.54, 1.807) is 0 Å². The van der Waals surface area contributed by atoms with E-state index in [1.807, 2.05) is 42.5 Å². The van der Waals surface area contributed by atoms with Gasteiger partial charge in [0.25, 0.3) is 0 Å². The topological polar surface area (TPSA) is 58.6 Å². The van der Waals surface area contributed by atoms with Crippen molar-refractivity contribution < 1.29 is 5.21 Å². The van der Waals surface area contributed by atoms with Gasteiger partial charge in [0.1, 0.15) is 0 Å². The maximum Gasteiger partial charge on any atom is 0.170 e. The number of rotatable bonds is 1. The molecule has 2 rings (SSSR count). The minimum Gasteiger partial charge on any atom is -0.409 e. The second-order valence-electron chi connectivity index (χ2n) is 3.01. The van der Waals surface area contributed by atoms with Crippen molar-refractivity contribution >= 4 is 16.6 Å². The first kappa shape index (κ1) is 8.56. The molecule has 0 aliphatic carbocycles. The van der Waals surface area contributed by atoms with Crippen LogP contribution in [-0.4, -0.2) is 11.0 Å². The Morgan fingerprint density at radius 3 is 2.57 bits per heavy atom. The summed E-state index contributed by atoms with van der Waals surface area (Å²) in [5, 5.41) is 13.7. The minimum absolute atomic E-state index is 0.141. The molecule has 0 saturated carbocycles. The average Bonchev–Trinajstić information content (AvgIpc) is 2.27. The van der Waals surface area contributed by atoms with Gasteiger partial charge in [-0.2, -0.15) is 0 Å². The van der Waals surface area contributed by atoms with E-state index in [4.69, 9.17) is 10.9 Å². The molecule has 0 amide bonds. The van der Waals surface area contributed by atoms with E-state index in [1.165, 1.54) is 0 Å². The SMILES string of the molecule is NC(=NO)c1cccc2ccccc12. The van der Waals surface area contributed by atoms with Crippen LogP contribution in [0.3, 0.4) is 0 Å². The quantitative estimate of drug-likeness (QED) is 0.309. The lowest BCUT2D eigenvalue weighted by Crippen LogP contribution is -2.13. The third-order valence-electron chi connectivity index (χ3n) is 2.17. The Balaban J connectivity index is 2.77. The van der Waals surface area contributed by atoms with Crippen LogP contribution in [-0.2, 0) is 0 Å². The Morgan fingerprint density at radius 1 is 1.07 bits per heavy atom. The van der Waals surface area contributed by atoms with Crippen LogP contribution in [0.5, 0.6) is 0 Å². The molecule has 0 radical (unpaired) electrons. The summed E-state index contributed by atoms with van der Waals surface area (Å²) in [4.78, 5) is 0. The number of nitrogens with zero attached hydrogens (tertiary/aromatic N) is 1. The lowest BCUT2D eigenvalue weighted by Gasteiger charge is -2.03. The van der Waals surface area contributed by atoms with E-state index in [0.29, 0.717) is 0 Å². The summed E-state index contributed by atoms with van der Waals surface area (Å²) in [6.45, 7) is 0. The third kappa shape index (κ3) is 1.29. The number of amidine groups is 1. The molecule has 0 saturated heterocycles. The van der Waals surface area contributed by atoms with Crippen molar-refractivity contribution in [3.63, 3.8) is 0 Å². The molecule has 3 heteroatoms. The average molecular weight is 186 g/mol. The Bertz CT molecular complexity index is 486. The number of oxime groups is 1. The van der Waals surface area contributed by atoms with Gasteiger partial charge in [-0.25, -0.2) is 0 Å². The molecular formula is C11H10N2O. The van der Waals surface area contributed by atoms with Crippen molar-refractivity contribution in [3.8, 4) is 0 Å². The van der Waals surface area contributed by atoms with E-state index in [0.717, 1.165) is 16.3 Å². The molecule has 2 aromatic carbocycles. The van der Waals surface area contributed by atoms with Crippen molar-refractivity contribution in [3.05, 3.63) is 48.0 Å². The van der Waals surface area contributed by atoms with Gasteiger partial charge in [0.15, 0.2) is 5.84 Å². The van der Waals surface area contributed by atoms with Crippen LogP contribution >= 0.6 is 0 Å². The lowest BCUT2D eigenvalue weighted by molar-refractivity contribution is 0.318. The predicted octanol–water partition coefficient (Wildman–Crippen LogP) is 1.93. The van der Waals surface area contributed by atoms with E-state index in [2.05, 4.69) is 5.16 Å². The first-order chi connectivity index (χ1) is 6.83. The van der Waals surface area contributed by atoms with Crippen molar-refractivity contribution in [1.82, 2.24) is 0 Å². The fourth-order valence-corrected chi connectivity index (χ4v) is 1.50. The van der Waals surface area contributed by atoms with Gasteiger partial charge in [-0.15, -0.1) is 0 Å². The molecule has 0 aliphatic rings. The van der Waals surface area contributed by atoms with Gasteiger partial charge in [-0.3, -0.25) is 0 Å². The molecule has 0 spiro atoms. The molecule has 14 heavy (non-hydrogen) atoms. The molecule has 3 nitrogen and oxygen atoms in total. The zero-order valence-corrected chi connectivity index (χ0v) is 7.51. The number of hydrogen-bond acceptors (Lipinski definition) is 2. The largest absolute Gasteiger partial charge is 0.409 e. The summed E-state index contributed by atoms with van der Waals surface area (Å²) in [6.07, 6.45) is 0. The third-order valence-corrected chi connectivity index (χ3v) is 2.17. The Kier molecular flexibility index (Phi) is 2.07. The molecule has 2 aromatic rings. The van der Waals surface area contributed by atoms with Gasteiger partial charge >= 0.3 is 0 Å². The predicted molar refractivity (Wildman–Crippen MR) is 56.5 cm³/mol. The van der Waals surface area contributed by atoms with Crippen LogP contribution in [0.2, 0.25) is 0 Å². The highest BCUT2D eigenvalue weighted by Crippen LogP contribution is 2.17. The van der Waals surface area contributed by atoms with Gasteiger partial charge in [-0.1, -0.05) is 47.6 Å². The number of benzene rings is 2. The summed E-state index contributed by atoms with van der Waals surface area (Å²) in [5.74, 6) is 0.141. The molecule has 0 aliphatic heterocycles.